The zero-order chi connectivity index (χ0) is 23.2. The Bertz CT molecular complexity index is 1330. The summed E-state index contributed by atoms with van der Waals surface area (Å²) in [5, 5.41) is 19.3. The van der Waals surface area contributed by atoms with Gasteiger partial charge >= 0.3 is 6.18 Å². The number of fused-ring (bicyclic) bond motifs is 1. The van der Waals surface area contributed by atoms with Crippen molar-refractivity contribution in [2.45, 2.75) is 19.1 Å². The molecule has 4 aromatic rings. The molecule has 4 rings (SSSR count). The second kappa shape index (κ2) is 7.90. The number of alkyl halides is 3. The first-order valence-electron chi connectivity index (χ1n) is 9.39. The number of hydrogen-bond acceptors (Lipinski definition) is 4. The van der Waals surface area contributed by atoms with E-state index in [0.29, 0.717) is 32.4 Å². The topological polar surface area (TPSA) is 73.9 Å². The molecule has 1 amide bonds. The summed E-state index contributed by atoms with van der Waals surface area (Å²) in [5.74, 6) is -0.915. The average molecular weight is 464 g/mol. The van der Waals surface area contributed by atoms with E-state index in [-0.39, 0.29) is 10.3 Å². The van der Waals surface area contributed by atoms with Gasteiger partial charge in [-0.25, -0.2) is 4.39 Å². The fourth-order valence-electron chi connectivity index (χ4n) is 3.33. The molecule has 1 N–H and O–H groups in total. The molecule has 32 heavy (non-hydrogen) atoms. The Balaban J connectivity index is 1.60. The lowest BCUT2D eigenvalue weighted by molar-refractivity contribution is -0.629. The molecule has 3 aromatic heterocycles. The molecule has 0 aliphatic carbocycles. The summed E-state index contributed by atoms with van der Waals surface area (Å²) in [5.41, 5.74) is -0.409. The lowest BCUT2D eigenvalue weighted by Crippen LogP contribution is -2.38. The lowest BCUT2D eigenvalue weighted by atomic mass is 10.1. The van der Waals surface area contributed by atoms with Gasteiger partial charge in [0.05, 0.1) is 10.9 Å². The van der Waals surface area contributed by atoms with Gasteiger partial charge in [-0.15, -0.1) is 11.3 Å². The fourth-order valence-corrected chi connectivity index (χ4v) is 4.30. The van der Waals surface area contributed by atoms with Crippen molar-refractivity contribution in [1.82, 2.24) is 15.1 Å². The number of carbonyl (C=O) groups is 1. The number of hydrogen-bond donors (Lipinski definition) is 1. The molecule has 0 radical (unpaired) electrons. The van der Waals surface area contributed by atoms with Gasteiger partial charge in [0, 0.05) is 29.6 Å². The molecular formula is C21H16F4N4O2S. The monoisotopic (exact) mass is 464 g/mol. The number of amides is 1. The van der Waals surface area contributed by atoms with Crippen molar-refractivity contribution in [2.75, 3.05) is 0 Å². The molecule has 1 atom stereocenters. The van der Waals surface area contributed by atoms with Crippen molar-refractivity contribution in [3.8, 4) is 11.3 Å². The van der Waals surface area contributed by atoms with Crippen molar-refractivity contribution >= 4 is 27.5 Å². The Morgan fingerprint density at radius 2 is 1.97 bits per heavy atom. The standard InChI is InChI=1S/C21H16F4N4O2S/c1-11(12-7-8-17(21(23,24)25)29(31)10-12)26-19(30)16-9-14-18(27-28(2)20(14)32-16)13-5-3-4-6-15(13)22/h3-11H,1-2H3,(H,26,30)/t11-/m1/s1. The van der Waals surface area contributed by atoms with Crippen LogP contribution in [0.25, 0.3) is 21.5 Å². The van der Waals surface area contributed by atoms with E-state index < -0.39 is 29.6 Å². The Morgan fingerprint density at radius 1 is 1.25 bits per heavy atom. The molecule has 6 nitrogen and oxygen atoms in total. The number of halogens is 4. The third-order valence-corrected chi connectivity index (χ3v) is 6.14. The normalized spacial score (nSPS) is 12.8. The third-order valence-electron chi connectivity index (χ3n) is 4.94. The van der Waals surface area contributed by atoms with Crippen LogP contribution in [0, 0.1) is 11.0 Å². The van der Waals surface area contributed by atoms with E-state index in [9.17, 15) is 27.6 Å². The summed E-state index contributed by atoms with van der Waals surface area (Å²) in [6.45, 7) is 1.56. The molecule has 0 fully saturated rings. The second-order valence-electron chi connectivity index (χ2n) is 7.15. The number of carbonyl (C=O) groups excluding carboxylic acids is 1. The van der Waals surface area contributed by atoms with Crippen LogP contribution in [-0.2, 0) is 13.2 Å². The predicted molar refractivity (Wildman–Crippen MR) is 110 cm³/mol. The summed E-state index contributed by atoms with van der Waals surface area (Å²) in [6, 6.07) is 8.87. The number of aryl methyl sites for hydroxylation is 1. The van der Waals surface area contributed by atoms with Crippen LogP contribution in [-0.4, -0.2) is 15.7 Å². The van der Waals surface area contributed by atoms with Gasteiger partial charge in [0.1, 0.15) is 16.3 Å². The highest BCUT2D eigenvalue weighted by Crippen LogP contribution is 2.35. The van der Waals surface area contributed by atoms with Gasteiger partial charge < -0.3 is 10.5 Å². The van der Waals surface area contributed by atoms with Gasteiger partial charge in [0.25, 0.3) is 11.6 Å². The Kier molecular flexibility index (Phi) is 5.37. The first kappa shape index (κ1) is 21.8. The van der Waals surface area contributed by atoms with Crippen molar-refractivity contribution in [3.63, 3.8) is 0 Å². The predicted octanol–water partition coefficient (Wildman–Crippen LogP) is 4.58. The lowest BCUT2D eigenvalue weighted by Gasteiger charge is -2.14. The summed E-state index contributed by atoms with van der Waals surface area (Å²) in [4.78, 5) is 13.7. The maximum atomic E-state index is 14.2. The number of thiophene rings is 1. The van der Waals surface area contributed by atoms with Crippen molar-refractivity contribution in [1.29, 1.82) is 0 Å². The van der Waals surface area contributed by atoms with Crippen LogP contribution in [0.5, 0.6) is 0 Å². The van der Waals surface area contributed by atoms with E-state index in [0.717, 1.165) is 23.6 Å². The number of nitrogens with zero attached hydrogens (tertiary/aromatic N) is 3. The molecule has 0 bridgehead atoms. The van der Waals surface area contributed by atoms with Gasteiger partial charge in [-0.1, -0.05) is 12.1 Å². The van der Waals surface area contributed by atoms with E-state index in [1.807, 2.05) is 0 Å². The van der Waals surface area contributed by atoms with Crippen molar-refractivity contribution < 1.29 is 27.1 Å². The molecule has 1 aromatic carbocycles. The van der Waals surface area contributed by atoms with Crippen molar-refractivity contribution in [2.24, 2.45) is 7.05 Å². The maximum absolute atomic E-state index is 14.2. The van der Waals surface area contributed by atoms with Gasteiger partial charge in [-0.2, -0.15) is 23.0 Å². The molecule has 3 heterocycles. The van der Waals surface area contributed by atoms with Crippen LogP contribution < -0.4 is 10.0 Å². The van der Waals surface area contributed by atoms with Crippen molar-refractivity contribution in [3.05, 3.63) is 75.8 Å². The van der Waals surface area contributed by atoms with E-state index in [1.165, 1.54) is 6.07 Å². The molecule has 0 saturated heterocycles. The minimum atomic E-state index is -4.77. The minimum absolute atomic E-state index is 0.219. The number of nitrogens with one attached hydrogen (secondary N) is 1. The third kappa shape index (κ3) is 3.91. The zero-order valence-corrected chi connectivity index (χ0v) is 17.6. The van der Waals surface area contributed by atoms with Gasteiger partial charge in [0.2, 0.25) is 0 Å². The van der Waals surface area contributed by atoms with Crippen LogP contribution in [0.4, 0.5) is 17.6 Å². The molecule has 11 heteroatoms. The zero-order valence-electron chi connectivity index (χ0n) is 16.8. The van der Waals surface area contributed by atoms with Gasteiger partial charge in [-0.05, 0) is 31.2 Å². The summed E-state index contributed by atoms with van der Waals surface area (Å²) >= 11 is 1.15. The highest BCUT2D eigenvalue weighted by Gasteiger charge is 2.39. The Labute approximate surface area is 183 Å². The Morgan fingerprint density at radius 3 is 2.62 bits per heavy atom. The maximum Gasteiger partial charge on any atom is 0.478 e. The smallest absolute Gasteiger partial charge is 0.478 e. The Hall–Kier alpha value is -3.47. The van der Waals surface area contributed by atoms with Gasteiger partial charge in [-0.3, -0.25) is 9.48 Å². The second-order valence-corrected chi connectivity index (χ2v) is 8.18. The molecule has 0 spiro atoms. The SMILES string of the molecule is C[C@@H](NC(=O)c1cc2c(-c3ccccc3F)nn(C)c2s1)c1ccc(C(F)(F)F)[n+]([O-])c1. The fraction of sp³-hybridized carbons (Fsp3) is 0.190. The number of aromatic nitrogens is 3. The summed E-state index contributed by atoms with van der Waals surface area (Å²) in [6.07, 6.45) is -3.98. The van der Waals surface area contributed by atoms with Crippen LogP contribution in [0.15, 0.2) is 48.7 Å². The first-order valence-corrected chi connectivity index (χ1v) is 10.2. The van der Waals surface area contributed by atoms with Crippen LogP contribution >= 0.6 is 11.3 Å². The molecule has 0 saturated carbocycles. The van der Waals surface area contributed by atoms with Crippen LogP contribution in [0.3, 0.4) is 0 Å². The van der Waals surface area contributed by atoms with Crippen LogP contribution in [0.2, 0.25) is 0 Å². The molecule has 0 aliphatic heterocycles. The number of pyridine rings is 1. The van der Waals surface area contributed by atoms with E-state index in [4.69, 9.17) is 0 Å². The number of benzene rings is 1. The highest BCUT2D eigenvalue weighted by atomic mass is 32.1. The summed E-state index contributed by atoms with van der Waals surface area (Å²) < 4.78 is 53.9. The quantitative estimate of drug-likeness (QED) is 0.273. The molecule has 0 aliphatic rings. The van der Waals surface area contributed by atoms with Gasteiger partial charge in [0.15, 0.2) is 6.20 Å². The summed E-state index contributed by atoms with van der Waals surface area (Å²) in [7, 11) is 1.68. The van der Waals surface area contributed by atoms with E-state index in [2.05, 4.69) is 10.4 Å². The van der Waals surface area contributed by atoms with Crippen LogP contribution in [0.1, 0.15) is 33.9 Å². The molecule has 0 unspecified atom stereocenters. The largest absolute Gasteiger partial charge is 0.618 e. The first-order chi connectivity index (χ1) is 15.1. The van der Waals surface area contributed by atoms with E-state index in [1.54, 1.807) is 42.9 Å². The number of rotatable bonds is 4. The average Bonchev–Trinajstić information content (AvgIpc) is 3.28. The minimum Gasteiger partial charge on any atom is -0.618 e. The molecule has 166 valence electrons. The molecular weight excluding hydrogens is 448 g/mol. The van der Waals surface area contributed by atoms with E-state index >= 15 is 0 Å². The highest BCUT2D eigenvalue weighted by molar-refractivity contribution is 7.20.